The van der Waals surface area contributed by atoms with Gasteiger partial charge in [-0.25, -0.2) is 6.57 Å². The highest BCUT2D eigenvalue weighted by Crippen LogP contribution is 2.13. The molecule has 0 aliphatic rings. The Hall–Kier alpha value is -2.15. The molecular weight excluding hydrogens is 188 g/mol. The molecule has 1 aromatic heterocycles. The average molecular weight is 198 g/mol. The summed E-state index contributed by atoms with van der Waals surface area (Å²) in [6, 6.07) is 7.67. The first-order chi connectivity index (χ1) is 7.31. The Kier molecular flexibility index (Phi) is 2.46. The van der Waals surface area contributed by atoms with Crippen molar-refractivity contribution in [1.82, 2.24) is 15.0 Å². The Morgan fingerprint density at radius 1 is 1.40 bits per heavy atom. The Balaban J connectivity index is 2.48. The van der Waals surface area contributed by atoms with E-state index in [1.165, 1.54) is 0 Å². The van der Waals surface area contributed by atoms with Gasteiger partial charge in [-0.3, -0.25) is 0 Å². The molecule has 1 aromatic carbocycles. The fourth-order valence-electron chi connectivity index (χ4n) is 1.38. The number of nitrogens with zero attached hydrogens (tertiary/aromatic N) is 4. The number of hydrogen-bond donors (Lipinski definition) is 0. The molecule has 2 aromatic rings. The lowest BCUT2D eigenvalue weighted by Crippen LogP contribution is -2.02. The summed E-state index contributed by atoms with van der Waals surface area (Å²) in [6.45, 7) is 9.13. The fraction of sp³-hybridized carbons (Fsp3) is 0.182. The first kappa shape index (κ1) is 9.41. The third-order valence-corrected chi connectivity index (χ3v) is 2.06. The van der Waals surface area contributed by atoms with Crippen molar-refractivity contribution in [3.63, 3.8) is 0 Å². The maximum absolute atomic E-state index is 6.88. The molecule has 0 unspecified atom stereocenters. The van der Waals surface area contributed by atoms with E-state index in [1.54, 1.807) is 11.0 Å². The Labute approximate surface area is 88.0 Å². The Morgan fingerprint density at radius 2 is 2.20 bits per heavy atom. The van der Waals surface area contributed by atoms with Crippen LogP contribution in [-0.2, 0) is 6.54 Å². The number of aromatic nitrogens is 3. The minimum absolute atomic E-state index is 0.358. The summed E-state index contributed by atoms with van der Waals surface area (Å²) in [5, 5.41) is 8.36. The number of para-hydroxylation sites is 1. The predicted molar refractivity (Wildman–Crippen MR) is 56.4 cm³/mol. The van der Waals surface area contributed by atoms with Crippen LogP contribution in [0.1, 0.15) is 11.3 Å². The molecule has 0 N–H and O–H groups in total. The summed E-state index contributed by atoms with van der Waals surface area (Å²) in [5.41, 5.74) is 2.69. The van der Waals surface area contributed by atoms with Gasteiger partial charge in [0.15, 0.2) is 0 Å². The molecule has 0 amide bonds. The van der Waals surface area contributed by atoms with E-state index in [0.717, 1.165) is 16.9 Å². The first-order valence-corrected chi connectivity index (χ1v) is 4.61. The van der Waals surface area contributed by atoms with Crippen molar-refractivity contribution in [2.24, 2.45) is 0 Å². The van der Waals surface area contributed by atoms with Gasteiger partial charge < -0.3 is 4.85 Å². The van der Waals surface area contributed by atoms with Gasteiger partial charge in [-0.2, -0.15) is 15.0 Å². The fourth-order valence-corrected chi connectivity index (χ4v) is 1.38. The summed E-state index contributed by atoms with van der Waals surface area (Å²) in [4.78, 5) is 4.95. The van der Waals surface area contributed by atoms with Crippen LogP contribution in [0.25, 0.3) is 10.5 Å². The number of aryl methyl sites for hydroxylation is 1. The van der Waals surface area contributed by atoms with E-state index in [9.17, 15) is 0 Å². The summed E-state index contributed by atoms with van der Waals surface area (Å²) < 4.78 is 0. The van der Waals surface area contributed by atoms with Gasteiger partial charge in [0, 0.05) is 0 Å². The molecule has 4 nitrogen and oxygen atoms in total. The Bertz CT molecular complexity index is 507. The van der Waals surface area contributed by atoms with Gasteiger partial charge in [-0.05, 0) is 19.1 Å². The maximum Gasteiger partial charge on any atom is 0.241 e. The van der Waals surface area contributed by atoms with Crippen molar-refractivity contribution < 1.29 is 0 Å². The van der Waals surface area contributed by atoms with Crippen LogP contribution in [0.4, 0.5) is 0 Å². The minimum Gasteiger partial charge on any atom is -0.312 e. The van der Waals surface area contributed by atoms with Crippen LogP contribution < -0.4 is 0 Å². The van der Waals surface area contributed by atoms with Crippen molar-refractivity contribution in [3.8, 4) is 5.69 Å². The SMILES string of the molecule is [C-]#[N+]Cc1ccccc1-n1ncc(C)n1. The molecule has 0 radical (unpaired) electrons. The van der Waals surface area contributed by atoms with Crippen LogP contribution in [-0.4, -0.2) is 15.0 Å². The van der Waals surface area contributed by atoms with Crippen molar-refractivity contribution in [2.75, 3.05) is 0 Å². The largest absolute Gasteiger partial charge is 0.312 e. The van der Waals surface area contributed by atoms with E-state index < -0.39 is 0 Å². The zero-order chi connectivity index (χ0) is 10.7. The summed E-state index contributed by atoms with van der Waals surface area (Å²) in [5.74, 6) is 0. The predicted octanol–water partition coefficient (Wildman–Crippen LogP) is 2.00. The molecule has 0 aliphatic heterocycles. The number of hydrogen-bond acceptors (Lipinski definition) is 2. The summed E-state index contributed by atoms with van der Waals surface area (Å²) in [6.07, 6.45) is 1.70. The molecule has 4 heteroatoms. The van der Waals surface area contributed by atoms with Gasteiger partial charge in [-0.1, -0.05) is 12.1 Å². The third-order valence-electron chi connectivity index (χ3n) is 2.06. The molecule has 74 valence electrons. The van der Waals surface area contributed by atoms with E-state index in [-0.39, 0.29) is 0 Å². The molecule has 0 bridgehead atoms. The molecule has 15 heavy (non-hydrogen) atoms. The lowest BCUT2D eigenvalue weighted by molar-refractivity contribution is 0.738. The van der Waals surface area contributed by atoms with Crippen molar-refractivity contribution in [3.05, 3.63) is 53.1 Å². The lowest BCUT2D eigenvalue weighted by atomic mass is 10.2. The highest BCUT2D eigenvalue weighted by molar-refractivity contribution is 5.39. The molecule has 0 fully saturated rings. The quantitative estimate of drug-likeness (QED) is 0.692. The topological polar surface area (TPSA) is 35.1 Å². The zero-order valence-corrected chi connectivity index (χ0v) is 8.38. The lowest BCUT2D eigenvalue weighted by Gasteiger charge is -2.02. The second-order valence-electron chi connectivity index (χ2n) is 3.22. The molecule has 0 aliphatic carbocycles. The van der Waals surface area contributed by atoms with Crippen molar-refractivity contribution >= 4 is 0 Å². The number of benzene rings is 1. The van der Waals surface area contributed by atoms with Gasteiger partial charge >= 0.3 is 0 Å². The molecule has 1 heterocycles. The van der Waals surface area contributed by atoms with Crippen LogP contribution in [0, 0.1) is 13.5 Å². The average Bonchev–Trinajstić information content (AvgIpc) is 2.66. The monoisotopic (exact) mass is 198 g/mol. The van der Waals surface area contributed by atoms with Crippen LogP contribution in [0.2, 0.25) is 0 Å². The van der Waals surface area contributed by atoms with Crippen LogP contribution in [0.3, 0.4) is 0 Å². The second-order valence-corrected chi connectivity index (χ2v) is 3.22. The highest BCUT2D eigenvalue weighted by atomic mass is 15.5. The van der Waals surface area contributed by atoms with E-state index in [4.69, 9.17) is 6.57 Å². The third kappa shape index (κ3) is 1.86. The smallest absolute Gasteiger partial charge is 0.241 e. The van der Waals surface area contributed by atoms with Crippen LogP contribution >= 0.6 is 0 Å². The van der Waals surface area contributed by atoms with Gasteiger partial charge in [0.25, 0.3) is 0 Å². The minimum atomic E-state index is 0.358. The van der Waals surface area contributed by atoms with Gasteiger partial charge in [0.2, 0.25) is 6.54 Å². The molecule has 0 saturated heterocycles. The normalized spacial score (nSPS) is 9.87. The van der Waals surface area contributed by atoms with Crippen molar-refractivity contribution in [2.45, 2.75) is 13.5 Å². The molecule has 2 rings (SSSR count). The standard InChI is InChI=1S/C11H10N4/c1-9-7-13-15(14-9)11-6-4-3-5-10(11)8-12-2/h3-7H,8H2,1H3. The van der Waals surface area contributed by atoms with E-state index in [0.29, 0.717) is 6.54 Å². The van der Waals surface area contributed by atoms with E-state index >= 15 is 0 Å². The second kappa shape index (κ2) is 3.93. The molecular formula is C11H10N4. The van der Waals surface area contributed by atoms with Gasteiger partial charge in [0.1, 0.15) is 0 Å². The Morgan fingerprint density at radius 3 is 2.87 bits per heavy atom. The van der Waals surface area contributed by atoms with E-state index in [2.05, 4.69) is 15.0 Å². The summed E-state index contributed by atoms with van der Waals surface area (Å²) >= 11 is 0. The number of rotatable bonds is 2. The van der Waals surface area contributed by atoms with Crippen LogP contribution in [0.5, 0.6) is 0 Å². The van der Waals surface area contributed by atoms with Gasteiger partial charge in [0.05, 0.1) is 23.1 Å². The maximum atomic E-state index is 6.88. The van der Waals surface area contributed by atoms with Crippen molar-refractivity contribution in [1.29, 1.82) is 0 Å². The molecule has 0 atom stereocenters. The van der Waals surface area contributed by atoms with Crippen LogP contribution in [0.15, 0.2) is 30.5 Å². The summed E-state index contributed by atoms with van der Waals surface area (Å²) in [7, 11) is 0. The zero-order valence-electron chi connectivity index (χ0n) is 8.38. The molecule has 0 spiro atoms. The van der Waals surface area contributed by atoms with E-state index in [1.807, 2.05) is 31.2 Å². The highest BCUT2D eigenvalue weighted by Gasteiger charge is 2.07. The molecule has 0 saturated carbocycles. The first-order valence-electron chi connectivity index (χ1n) is 4.61. The van der Waals surface area contributed by atoms with Gasteiger partial charge in [-0.15, -0.1) is 0 Å².